The minimum atomic E-state index is -0.643. The van der Waals surface area contributed by atoms with Crippen LogP contribution < -0.4 is 15.8 Å². The lowest BCUT2D eigenvalue weighted by atomic mass is 9.93. The van der Waals surface area contributed by atoms with Gasteiger partial charge in [0.2, 0.25) is 0 Å². The second-order valence-electron chi connectivity index (χ2n) is 4.44. The molecule has 20 heavy (non-hydrogen) atoms. The van der Waals surface area contributed by atoms with Gasteiger partial charge in [0.25, 0.3) is 5.91 Å². The second kappa shape index (κ2) is 7.45. The molecule has 0 aliphatic heterocycles. The summed E-state index contributed by atoms with van der Waals surface area (Å²) in [5.41, 5.74) is 5.08. The van der Waals surface area contributed by atoms with E-state index >= 15 is 0 Å². The molecule has 0 aromatic heterocycles. The number of rotatable bonds is 7. The highest BCUT2D eigenvalue weighted by Gasteiger charge is 2.31. The highest BCUT2D eigenvalue weighted by Crippen LogP contribution is 2.17. The molecule has 6 heteroatoms. The van der Waals surface area contributed by atoms with Crippen LogP contribution >= 0.6 is 23.8 Å². The van der Waals surface area contributed by atoms with E-state index in [0.717, 1.165) is 0 Å². The Labute approximate surface area is 129 Å². The molecule has 1 amide bonds. The van der Waals surface area contributed by atoms with E-state index in [4.69, 9.17) is 34.3 Å². The van der Waals surface area contributed by atoms with Crippen LogP contribution in [0.3, 0.4) is 0 Å². The van der Waals surface area contributed by atoms with Crippen molar-refractivity contribution < 1.29 is 9.53 Å². The predicted molar refractivity (Wildman–Crippen MR) is 85.2 cm³/mol. The summed E-state index contributed by atoms with van der Waals surface area (Å²) in [4.78, 5) is 12.2. The van der Waals surface area contributed by atoms with Crippen molar-refractivity contribution in [2.45, 2.75) is 32.2 Å². The summed E-state index contributed by atoms with van der Waals surface area (Å²) in [7, 11) is 0. The van der Waals surface area contributed by atoms with Crippen molar-refractivity contribution in [2.75, 3.05) is 6.61 Å². The van der Waals surface area contributed by atoms with Gasteiger partial charge in [0.15, 0.2) is 6.61 Å². The molecule has 0 fully saturated rings. The molecular weight excluding hydrogens is 296 g/mol. The maximum Gasteiger partial charge on any atom is 0.258 e. The van der Waals surface area contributed by atoms with Crippen LogP contribution in [-0.4, -0.2) is 23.0 Å². The van der Waals surface area contributed by atoms with Gasteiger partial charge in [0, 0.05) is 5.02 Å². The molecule has 110 valence electrons. The smallest absolute Gasteiger partial charge is 0.258 e. The number of hydrogen-bond donors (Lipinski definition) is 2. The lowest BCUT2D eigenvalue weighted by Crippen LogP contribution is -2.56. The molecule has 0 spiro atoms. The number of halogens is 1. The molecule has 1 aromatic carbocycles. The minimum absolute atomic E-state index is 0.0913. The van der Waals surface area contributed by atoms with Gasteiger partial charge in [-0.3, -0.25) is 4.79 Å². The molecular formula is C14H19ClN2O2S. The zero-order chi connectivity index (χ0) is 15.2. The Kier molecular flexibility index (Phi) is 6.23. The first-order valence-corrected chi connectivity index (χ1v) is 7.21. The van der Waals surface area contributed by atoms with Gasteiger partial charge >= 0.3 is 0 Å². The molecule has 1 rings (SSSR count). The van der Waals surface area contributed by atoms with Crippen molar-refractivity contribution in [2.24, 2.45) is 5.73 Å². The number of amides is 1. The zero-order valence-electron chi connectivity index (χ0n) is 11.6. The van der Waals surface area contributed by atoms with Gasteiger partial charge in [-0.2, -0.15) is 0 Å². The Morgan fingerprint density at radius 2 is 1.90 bits per heavy atom. The SMILES string of the molecule is CCC(CC)(NC(=O)COc1ccc(Cl)cc1)C(N)=S. The fourth-order valence-electron chi connectivity index (χ4n) is 1.82. The van der Waals surface area contributed by atoms with Gasteiger partial charge in [-0.05, 0) is 37.1 Å². The maximum absolute atomic E-state index is 11.9. The number of ether oxygens (including phenoxy) is 1. The van der Waals surface area contributed by atoms with Gasteiger partial charge < -0.3 is 15.8 Å². The molecule has 4 nitrogen and oxygen atoms in total. The quantitative estimate of drug-likeness (QED) is 0.760. The van der Waals surface area contributed by atoms with E-state index in [9.17, 15) is 4.79 Å². The molecule has 0 bridgehead atoms. The number of benzene rings is 1. The molecule has 1 aromatic rings. The van der Waals surface area contributed by atoms with Crippen LogP contribution in [0.5, 0.6) is 5.75 Å². The standard InChI is InChI=1S/C14H19ClN2O2S/c1-3-14(4-2,13(16)20)17-12(18)9-19-11-7-5-10(15)6-8-11/h5-8H,3-4,9H2,1-2H3,(H2,16,20)(H,17,18). The van der Waals surface area contributed by atoms with Crippen LogP contribution in [0.15, 0.2) is 24.3 Å². The number of thiocarbonyl (C=S) groups is 1. The van der Waals surface area contributed by atoms with Crippen molar-refractivity contribution in [1.29, 1.82) is 0 Å². The second-order valence-corrected chi connectivity index (χ2v) is 5.32. The summed E-state index contributed by atoms with van der Waals surface area (Å²) in [5.74, 6) is 0.329. The third-order valence-corrected chi connectivity index (χ3v) is 3.88. The molecule has 0 atom stereocenters. The maximum atomic E-state index is 11.9. The summed E-state index contributed by atoms with van der Waals surface area (Å²) in [6.45, 7) is 3.78. The Bertz CT molecular complexity index is 473. The average Bonchev–Trinajstić information content (AvgIpc) is 2.44. The highest BCUT2D eigenvalue weighted by atomic mass is 35.5. The lowest BCUT2D eigenvalue weighted by Gasteiger charge is -2.31. The van der Waals surface area contributed by atoms with Crippen LogP contribution in [-0.2, 0) is 4.79 Å². The first-order valence-electron chi connectivity index (χ1n) is 6.42. The van der Waals surface area contributed by atoms with Gasteiger partial charge in [-0.25, -0.2) is 0 Å². The predicted octanol–water partition coefficient (Wildman–Crippen LogP) is 2.68. The molecule has 0 unspecified atom stereocenters. The monoisotopic (exact) mass is 314 g/mol. The van der Waals surface area contributed by atoms with Gasteiger partial charge in [-0.1, -0.05) is 37.7 Å². The van der Waals surface area contributed by atoms with Crippen molar-refractivity contribution >= 4 is 34.7 Å². The molecule has 0 aliphatic rings. The first-order chi connectivity index (χ1) is 9.43. The van der Waals surface area contributed by atoms with Crippen LogP contribution in [0.1, 0.15) is 26.7 Å². The molecule has 0 saturated carbocycles. The largest absolute Gasteiger partial charge is 0.484 e. The summed E-state index contributed by atoms with van der Waals surface area (Å²) < 4.78 is 5.38. The Morgan fingerprint density at radius 1 is 1.35 bits per heavy atom. The van der Waals surface area contributed by atoms with Crippen molar-refractivity contribution in [3.8, 4) is 5.75 Å². The molecule has 3 N–H and O–H groups in total. The first kappa shape index (κ1) is 16.7. The van der Waals surface area contributed by atoms with Crippen molar-refractivity contribution in [3.63, 3.8) is 0 Å². The fourth-order valence-corrected chi connectivity index (χ4v) is 2.29. The molecule has 0 radical (unpaired) electrons. The van der Waals surface area contributed by atoms with Crippen LogP contribution in [0, 0.1) is 0 Å². The van der Waals surface area contributed by atoms with Crippen LogP contribution in [0.2, 0.25) is 5.02 Å². The summed E-state index contributed by atoms with van der Waals surface area (Å²) >= 11 is 10.8. The number of nitrogens with one attached hydrogen (secondary N) is 1. The minimum Gasteiger partial charge on any atom is -0.484 e. The average molecular weight is 315 g/mol. The molecule has 0 saturated heterocycles. The van der Waals surface area contributed by atoms with Crippen molar-refractivity contribution in [3.05, 3.63) is 29.3 Å². The summed E-state index contributed by atoms with van der Waals surface area (Å²) in [5, 5.41) is 3.47. The third-order valence-electron chi connectivity index (χ3n) is 3.24. The topological polar surface area (TPSA) is 64.3 Å². The lowest BCUT2D eigenvalue weighted by molar-refractivity contribution is -0.124. The van der Waals surface area contributed by atoms with Gasteiger partial charge in [-0.15, -0.1) is 0 Å². The van der Waals surface area contributed by atoms with E-state index < -0.39 is 5.54 Å². The number of carbonyl (C=O) groups excluding carboxylic acids is 1. The number of carbonyl (C=O) groups is 1. The summed E-state index contributed by atoms with van der Waals surface area (Å²) in [6, 6.07) is 6.81. The van der Waals surface area contributed by atoms with E-state index in [-0.39, 0.29) is 12.5 Å². The van der Waals surface area contributed by atoms with E-state index in [1.165, 1.54) is 0 Å². The number of hydrogen-bond acceptors (Lipinski definition) is 3. The van der Waals surface area contributed by atoms with Gasteiger partial charge in [0.05, 0.1) is 10.5 Å². The fraction of sp³-hybridized carbons (Fsp3) is 0.429. The van der Waals surface area contributed by atoms with E-state index in [1.807, 2.05) is 13.8 Å². The third kappa shape index (κ3) is 4.35. The Hall–Kier alpha value is -1.33. The Morgan fingerprint density at radius 3 is 2.35 bits per heavy atom. The highest BCUT2D eigenvalue weighted by molar-refractivity contribution is 7.80. The van der Waals surface area contributed by atoms with Gasteiger partial charge in [0.1, 0.15) is 5.75 Å². The molecule has 0 heterocycles. The zero-order valence-corrected chi connectivity index (χ0v) is 13.2. The normalized spacial score (nSPS) is 10.9. The molecule has 0 aliphatic carbocycles. The Balaban J connectivity index is 2.58. The van der Waals surface area contributed by atoms with E-state index in [0.29, 0.717) is 28.6 Å². The number of nitrogens with two attached hydrogens (primary N) is 1. The van der Waals surface area contributed by atoms with Crippen LogP contribution in [0.4, 0.5) is 0 Å². The summed E-state index contributed by atoms with van der Waals surface area (Å²) in [6.07, 6.45) is 1.29. The van der Waals surface area contributed by atoms with Crippen LogP contribution in [0.25, 0.3) is 0 Å². The van der Waals surface area contributed by atoms with Crippen molar-refractivity contribution in [1.82, 2.24) is 5.32 Å². The van der Waals surface area contributed by atoms with E-state index in [1.54, 1.807) is 24.3 Å². The van der Waals surface area contributed by atoms with E-state index in [2.05, 4.69) is 5.32 Å².